The number of hydrogen-bond acceptors (Lipinski definition) is 3. The zero-order chi connectivity index (χ0) is 21.8. The molecule has 0 fully saturated rings. The van der Waals surface area contributed by atoms with E-state index in [2.05, 4.69) is 42.9 Å². The first-order valence-corrected chi connectivity index (χ1v) is 11.1. The van der Waals surface area contributed by atoms with Crippen molar-refractivity contribution in [2.24, 2.45) is 0 Å². The molecule has 0 spiro atoms. The van der Waals surface area contributed by atoms with Crippen molar-refractivity contribution >= 4 is 32.7 Å². The van der Waals surface area contributed by atoms with Crippen LogP contribution >= 0.6 is 15.9 Å². The first-order valence-electron chi connectivity index (χ1n) is 10.3. The summed E-state index contributed by atoms with van der Waals surface area (Å²) in [4.78, 5) is 17.3. The van der Waals surface area contributed by atoms with Gasteiger partial charge in [0.1, 0.15) is 5.69 Å². The molecule has 0 saturated carbocycles. The highest BCUT2D eigenvalue weighted by Crippen LogP contribution is 2.34. The number of carbonyl (C=O) groups excluding carboxylic acids is 1. The van der Waals surface area contributed by atoms with Gasteiger partial charge < -0.3 is 15.0 Å². The molecule has 0 aliphatic heterocycles. The molecule has 4 aromatic rings. The number of carbonyl (C=O) groups is 1. The maximum Gasteiger partial charge on any atom is 0.269 e. The highest BCUT2D eigenvalue weighted by Gasteiger charge is 2.22. The lowest BCUT2D eigenvalue weighted by atomic mass is 10.1. The molecule has 0 aliphatic rings. The van der Waals surface area contributed by atoms with Crippen LogP contribution in [0.15, 0.2) is 71.5 Å². The largest absolute Gasteiger partial charge is 0.392 e. The van der Waals surface area contributed by atoms with Crippen LogP contribution in [0, 0.1) is 0 Å². The second-order valence-corrected chi connectivity index (χ2v) is 8.25. The van der Waals surface area contributed by atoms with E-state index in [9.17, 15) is 9.90 Å². The molecular formula is C25H24BrN3O2. The van der Waals surface area contributed by atoms with Gasteiger partial charge in [-0.15, -0.1) is 0 Å². The summed E-state index contributed by atoms with van der Waals surface area (Å²) in [5.74, 6) is -0.0974. The molecule has 0 radical (unpaired) electrons. The summed E-state index contributed by atoms with van der Waals surface area (Å²) in [6, 6.07) is 18.0. The normalized spacial score (nSPS) is 11.1. The minimum atomic E-state index is -0.0974. The Morgan fingerprint density at radius 3 is 2.55 bits per heavy atom. The van der Waals surface area contributed by atoms with E-state index in [4.69, 9.17) is 0 Å². The molecule has 2 aromatic heterocycles. The van der Waals surface area contributed by atoms with E-state index in [1.165, 1.54) is 0 Å². The highest BCUT2D eigenvalue weighted by atomic mass is 79.9. The molecule has 31 heavy (non-hydrogen) atoms. The van der Waals surface area contributed by atoms with Crippen molar-refractivity contribution in [2.45, 2.75) is 26.5 Å². The number of amides is 1. The van der Waals surface area contributed by atoms with Gasteiger partial charge in [0.25, 0.3) is 5.91 Å². The Hall–Kier alpha value is -2.96. The van der Waals surface area contributed by atoms with Crippen LogP contribution < -0.4 is 5.32 Å². The van der Waals surface area contributed by atoms with Gasteiger partial charge >= 0.3 is 0 Å². The predicted octanol–water partition coefficient (Wildman–Crippen LogP) is 5.15. The molecule has 0 unspecified atom stereocenters. The van der Waals surface area contributed by atoms with Gasteiger partial charge in [-0.1, -0.05) is 49.4 Å². The zero-order valence-electron chi connectivity index (χ0n) is 17.3. The Morgan fingerprint density at radius 1 is 1.10 bits per heavy atom. The van der Waals surface area contributed by atoms with Gasteiger partial charge in [0.05, 0.1) is 16.6 Å². The van der Waals surface area contributed by atoms with Crippen molar-refractivity contribution in [1.82, 2.24) is 14.9 Å². The van der Waals surface area contributed by atoms with E-state index >= 15 is 0 Å². The van der Waals surface area contributed by atoms with Gasteiger partial charge in [0.15, 0.2) is 0 Å². The number of hydrogen-bond donors (Lipinski definition) is 2. The maximum absolute atomic E-state index is 13.1. The van der Waals surface area contributed by atoms with Crippen LogP contribution in [-0.2, 0) is 13.2 Å². The van der Waals surface area contributed by atoms with Crippen LogP contribution in [0.1, 0.15) is 35.0 Å². The lowest BCUT2D eigenvalue weighted by Crippen LogP contribution is -2.27. The van der Waals surface area contributed by atoms with Crippen molar-refractivity contribution in [2.75, 3.05) is 6.54 Å². The SMILES string of the molecule is CCCNC(=O)c1c(Br)c2ccc(-c3cccnc3)cc2n1Cc1ccc(CO)cc1. The number of pyridine rings is 1. The maximum atomic E-state index is 13.1. The van der Waals surface area contributed by atoms with E-state index in [1.54, 1.807) is 6.20 Å². The number of aromatic nitrogens is 2. The van der Waals surface area contributed by atoms with E-state index in [1.807, 2.05) is 55.6 Å². The van der Waals surface area contributed by atoms with Gasteiger partial charge in [-0.25, -0.2) is 0 Å². The number of rotatable bonds is 7. The Bertz CT molecular complexity index is 1200. The fraction of sp³-hybridized carbons (Fsp3) is 0.200. The molecular weight excluding hydrogens is 454 g/mol. The summed E-state index contributed by atoms with van der Waals surface area (Å²) in [5.41, 5.74) is 5.57. The molecule has 0 atom stereocenters. The van der Waals surface area contributed by atoms with E-state index in [0.29, 0.717) is 18.8 Å². The van der Waals surface area contributed by atoms with Crippen molar-refractivity contribution in [3.05, 3.63) is 88.3 Å². The number of aliphatic hydroxyl groups excluding tert-OH is 1. The topological polar surface area (TPSA) is 67.2 Å². The fourth-order valence-corrected chi connectivity index (χ4v) is 4.39. The second kappa shape index (κ2) is 9.45. The molecule has 2 N–H and O–H groups in total. The summed E-state index contributed by atoms with van der Waals surface area (Å²) in [5, 5.41) is 13.3. The molecule has 2 heterocycles. The van der Waals surface area contributed by atoms with Crippen LogP contribution in [0.3, 0.4) is 0 Å². The molecule has 158 valence electrons. The average Bonchev–Trinajstić information content (AvgIpc) is 3.09. The number of nitrogens with zero attached hydrogens (tertiary/aromatic N) is 2. The summed E-state index contributed by atoms with van der Waals surface area (Å²) < 4.78 is 2.85. The minimum Gasteiger partial charge on any atom is -0.392 e. The Kier molecular flexibility index (Phi) is 6.49. The molecule has 0 saturated heterocycles. The Labute approximate surface area is 189 Å². The predicted molar refractivity (Wildman–Crippen MR) is 127 cm³/mol. The standard InChI is InChI=1S/C25H24BrN3O2/c1-2-11-28-25(31)24-23(26)21-10-9-19(20-4-3-12-27-14-20)13-22(21)29(24)15-17-5-7-18(16-30)8-6-17/h3-10,12-14,30H,2,11,15-16H2,1H3,(H,28,31). The number of aliphatic hydroxyl groups is 1. The Balaban J connectivity index is 1.86. The second-order valence-electron chi connectivity index (χ2n) is 7.45. The van der Waals surface area contributed by atoms with Crippen molar-refractivity contribution in [1.29, 1.82) is 0 Å². The summed E-state index contributed by atoms with van der Waals surface area (Å²) in [7, 11) is 0. The number of nitrogens with one attached hydrogen (secondary N) is 1. The molecule has 5 nitrogen and oxygen atoms in total. The van der Waals surface area contributed by atoms with Crippen LogP contribution in [0.25, 0.3) is 22.0 Å². The quantitative estimate of drug-likeness (QED) is 0.386. The number of halogens is 1. The number of fused-ring (bicyclic) bond motifs is 1. The molecule has 4 rings (SSSR count). The van der Waals surface area contributed by atoms with E-state index in [-0.39, 0.29) is 12.5 Å². The summed E-state index contributed by atoms with van der Waals surface area (Å²) in [6.07, 6.45) is 4.47. The molecule has 2 aromatic carbocycles. The summed E-state index contributed by atoms with van der Waals surface area (Å²) >= 11 is 3.69. The molecule has 0 aliphatic carbocycles. The lowest BCUT2D eigenvalue weighted by Gasteiger charge is -2.12. The van der Waals surface area contributed by atoms with Crippen molar-refractivity contribution in [3.63, 3.8) is 0 Å². The van der Waals surface area contributed by atoms with Gasteiger partial charge in [0, 0.05) is 36.4 Å². The highest BCUT2D eigenvalue weighted by molar-refractivity contribution is 9.10. The van der Waals surface area contributed by atoms with E-state index in [0.717, 1.165) is 44.1 Å². The van der Waals surface area contributed by atoms with Crippen LogP contribution in [-0.4, -0.2) is 27.1 Å². The van der Waals surface area contributed by atoms with E-state index < -0.39 is 0 Å². The monoisotopic (exact) mass is 477 g/mol. The zero-order valence-corrected chi connectivity index (χ0v) is 18.9. The van der Waals surface area contributed by atoms with Gasteiger partial charge in [0.2, 0.25) is 0 Å². The molecule has 0 bridgehead atoms. The summed E-state index contributed by atoms with van der Waals surface area (Å²) in [6.45, 7) is 3.21. The van der Waals surface area contributed by atoms with Crippen molar-refractivity contribution in [3.8, 4) is 11.1 Å². The van der Waals surface area contributed by atoms with Crippen LogP contribution in [0.5, 0.6) is 0 Å². The average molecular weight is 478 g/mol. The van der Waals surface area contributed by atoms with Gasteiger partial charge in [-0.05, 0) is 51.2 Å². The van der Waals surface area contributed by atoms with Crippen LogP contribution in [0.2, 0.25) is 0 Å². The first-order chi connectivity index (χ1) is 15.1. The third kappa shape index (κ3) is 4.40. The third-order valence-electron chi connectivity index (χ3n) is 5.29. The molecule has 1 amide bonds. The minimum absolute atomic E-state index is 0.0113. The third-order valence-corrected chi connectivity index (χ3v) is 6.10. The smallest absolute Gasteiger partial charge is 0.269 e. The molecule has 6 heteroatoms. The van der Waals surface area contributed by atoms with Gasteiger partial charge in [-0.2, -0.15) is 0 Å². The van der Waals surface area contributed by atoms with Gasteiger partial charge in [-0.3, -0.25) is 9.78 Å². The Morgan fingerprint density at radius 2 is 1.87 bits per heavy atom. The lowest BCUT2D eigenvalue weighted by molar-refractivity contribution is 0.0944. The fourth-order valence-electron chi connectivity index (χ4n) is 3.66. The van der Waals surface area contributed by atoms with Crippen LogP contribution in [0.4, 0.5) is 0 Å². The number of benzene rings is 2. The first kappa shape index (κ1) is 21.3. The van der Waals surface area contributed by atoms with Crippen molar-refractivity contribution < 1.29 is 9.90 Å².